The van der Waals surface area contributed by atoms with Crippen molar-refractivity contribution in [3.8, 4) is 0 Å². The minimum Gasteiger partial charge on any atom is -0.423 e. The van der Waals surface area contributed by atoms with E-state index in [1.165, 1.54) is 12.1 Å². The molecule has 19 heavy (non-hydrogen) atoms. The number of nitrogens with two attached hydrogens (primary N) is 1. The molecule has 2 heterocycles. The van der Waals surface area contributed by atoms with Gasteiger partial charge in [-0.1, -0.05) is 0 Å². The second-order valence-corrected chi connectivity index (χ2v) is 4.75. The Balaban J connectivity index is 1.94. The predicted molar refractivity (Wildman–Crippen MR) is 70.1 cm³/mol. The Morgan fingerprint density at radius 2 is 2.37 bits per heavy atom. The number of nitrogens with zero attached hydrogens (tertiary/aromatic N) is 3. The molecule has 7 nitrogen and oxygen atoms in total. The van der Waals surface area contributed by atoms with Crippen LogP contribution >= 0.6 is 0 Å². The van der Waals surface area contributed by atoms with Crippen LogP contribution in [0, 0.1) is 10.1 Å². The van der Waals surface area contributed by atoms with E-state index in [-0.39, 0.29) is 11.7 Å². The van der Waals surface area contributed by atoms with E-state index in [9.17, 15) is 10.1 Å². The lowest BCUT2D eigenvalue weighted by Gasteiger charge is -2.29. The van der Waals surface area contributed by atoms with E-state index in [1.54, 1.807) is 6.07 Å². The molecule has 1 unspecified atom stereocenters. The normalized spacial score (nSPS) is 19.8. The van der Waals surface area contributed by atoms with Crippen molar-refractivity contribution in [3.63, 3.8) is 0 Å². The van der Waals surface area contributed by atoms with Crippen LogP contribution in [-0.4, -0.2) is 29.0 Å². The summed E-state index contributed by atoms with van der Waals surface area (Å²) in [6, 6.07) is 5.04. The third-order valence-corrected chi connectivity index (χ3v) is 3.30. The summed E-state index contributed by atoms with van der Waals surface area (Å²) in [5, 5.41) is 10.7. The first-order chi connectivity index (χ1) is 9.13. The molecule has 1 aromatic carbocycles. The molecule has 2 N–H and O–H groups in total. The monoisotopic (exact) mass is 262 g/mol. The van der Waals surface area contributed by atoms with Crippen molar-refractivity contribution in [1.29, 1.82) is 0 Å². The van der Waals surface area contributed by atoms with Crippen molar-refractivity contribution in [2.24, 2.45) is 5.73 Å². The van der Waals surface area contributed by atoms with Crippen molar-refractivity contribution < 1.29 is 9.34 Å². The lowest BCUT2D eigenvalue weighted by Crippen LogP contribution is -2.42. The Hall–Kier alpha value is -2.15. The molecule has 1 aliphatic heterocycles. The fourth-order valence-electron chi connectivity index (χ4n) is 2.33. The van der Waals surface area contributed by atoms with Crippen molar-refractivity contribution >= 4 is 22.8 Å². The molecule has 100 valence electrons. The minimum absolute atomic E-state index is 0.00513. The maximum atomic E-state index is 10.7. The number of nitro benzene ring substituents is 1. The van der Waals surface area contributed by atoms with Crippen molar-refractivity contribution in [3.05, 3.63) is 28.3 Å². The summed E-state index contributed by atoms with van der Waals surface area (Å²) in [6.45, 7) is 1.55. The Bertz CT molecular complexity index is 624. The molecule has 3 rings (SSSR count). The summed E-state index contributed by atoms with van der Waals surface area (Å²) < 4.78 is 5.60. The molecule has 0 radical (unpaired) electrons. The molecule has 1 aliphatic rings. The number of hydrogen-bond acceptors (Lipinski definition) is 6. The predicted octanol–water partition coefficient (Wildman–Crippen LogP) is 1.66. The molecule has 0 spiro atoms. The fourth-order valence-corrected chi connectivity index (χ4v) is 2.33. The third-order valence-electron chi connectivity index (χ3n) is 3.30. The average molecular weight is 262 g/mol. The summed E-state index contributed by atoms with van der Waals surface area (Å²) in [4.78, 5) is 16.6. The highest BCUT2D eigenvalue weighted by molar-refractivity contribution is 5.77. The van der Waals surface area contributed by atoms with E-state index in [0.29, 0.717) is 23.7 Å². The van der Waals surface area contributed by atoms with Gasteiger partial charge >= 0.3 is 0 Å². The Morgan fingerprint density at radius 1 is 1.53 bits per heavy atom. The fraction of sp³-hybridized carbons (Fsp3) is 0.417. The van der Waals surface area contributed by atoms with Gasteiger partial charge in [0.2, 0.25) is 0 Å². The number of fused-ring (bicyclic) bond motifs is 1. The molecule has 7 heteroatoms. The van der Waals surface area contributed by atoms with E-state index in [1.807, 2.05) is 4.90 Å². The molecule has 0 bridgehead atoms. The first kappa shape index (κ1) is 11.9. The van der Waals surface area contributed by atoms with Crippen LogP contribution in [0.15, 0.2) is 22.6 Å². The lowest BCUT2D eigenvalue weighted by atomic mass is 10.1. The molecule has 1 aromatic heterocycles. The quantitative estimate of drug-likeness (QED) is 0.652. The zero-order valence-electron chi connectivity index (χ0n) is 10.3. The maximum Gasteiger partial charge on any atom is 0.298 e. The number of nitro groups is 1. The van der Waals surface area contributed by atoms with E-state index < -0.39 is 4.92 Å². The number of anilines is 1. The summed E-state index contributed by atoms with van der Waals surface area (Å²) in [5.41, 5.74) is 6.98. The minimum atomic E-state index is -0.446. The van der Waals surface area contributed by atoms with Gasteiger partial charge in [-0.2, -0.15) is 4.98 Å². The van der Waals surface area contributed by atoms with Crippen LogP contribution < -0.4 is 10.6 Å². The first-order valence-electron chi connectivity index (χ1n) is 6.19. The van der Waals surface area contributed by atoms with Gasteiger partial charge in [-0.25, -0.2) is 0 Å². The summed E-state index contributed by atoms with van der Waals surface area (Å²) >= 11 is 0. The van der Waals surface area contributed by atoms with Crippen LogP contribution in [0.5, 0.6) is 0 Å². The molecule has 1 fully saturated rings. The zero-order chi connectivity index (χ0) is 13.4. The number of benzene rings is 1. The van der Waals surface area contributed by atoms with Crippen LogP contribution in [0.2, 0.25) is 0 Å². The average Bonchev–Trinajstić information content (AvgIpc) is 2.81. The van der Waals surface area contributed by atoms with Crippen LogP contribution in [0.1, 0.15) is 12.8 Å². The highest BCUT2D eigenvalue weighted by Crippen LogP contribution is 2.27. The molecule has 0 saturated carbocycles. The molecule has 1 saturated heterocycles. The topological polar surface area (TPSA) is 98.4 Å². The van der Waals surface area contributed by atoms with E-state index >= 15 is 0 Å². The molecule has 2 aromatic rings. The van der Waals surface area contributed by atoms with E-state index in [0.717, 1.165) is 19.4 Å². The van der Waals surface area contributed by atoms with Gasteiger partial charge in [-0.3, -0.25) is 10.1 Å². The number of non-ortho nitro benzene ring substituents is 1. The van der Waals surface area contributed by atoms with Gasteiger partial charge in [-0.05, 0) is 18.9 Å². The van der Waals surface area contributed by atoms with Gasteiger partial charge in [0.1, 0.15) is 5.52 Å². The maximum absolute atomic E-state index is 10.7. The number of piperidine rings is 1. The van der Waals surface area contributed by atoms with Crippen molar-refractivity contribution in [2.75, 3.05) is 18.0 Å². The van der Waals surface area contributed by atoms with Gasteiger partial charge in [0.15, 0.2) is 5.58 Å². The SMILES string of the molecule is NC1CCCN(c2nc3ccc([N+](=O)[O-])cc3o2)C1. The van der Waals surface area contributed by atoms with Gasteiger partial charge in [0.25, 0.3) is 11.7 Å². The van der Waals surface area contributed by atoms with Gasteiger partial charge < -0.3 is 15.1 Å². The van der Waals surface area contributed by atoms with Crippen LogP contribution in [0.4, 0.5) is 11.7 Å². The van der Waals surface area contributed by atoms with Gasteiger partial charge in [0.05, 0.1) is 11.0 Å². The molecule has 0 aliphatic carbocycles. The van der Waals surface area contributed by atoms with Gasteiger partial charge in [0, 0.05) is 25.2 Å². The summed E-state index contributed by atoms with van der Waals surface area (Å²) in [5.74, 6) is 0. The van der Waals surface area contributed by atoms with Crippen molar-refractivity contribution in [1.82, 2.24) is 4.98 Å². The zero-order valence-corrected chi connectivity index (χ0v) is 10.3. The van der Waals surface area contributed by atoms with Gasteiger partial charge in [-0.15, -0.1) is 0 Å². The van der Waals surface area contributed by atoms with Crippen LogP contribution in [-0.2, 0) is 0 Å². The molecular formula is C12H14N4O3. The van der Waals surface area contributed by atoms with Crippen LogP contribution in [0.3, 0.4) is 0 Å². The lowest BCUT2D eigenvalue weighted by molar-refractivity contribution is -0.384. The molecule has 1 atom stereocenters. The first-order valence-corrected chi connectivity index (χ1v) is 6.19. The van der Waals surface area contributed by atoms with E-state index in [2.05, 4.69) is 4.98 Å². The van der Waals surface area contributed by atoms with Crippen molar-refractivity contribution in [2.45, 2.75) is 18.9 Å². The largest absolute Gasteiger partial charge is 0.423 e. The smallest absolute Gasteiger partial charge is 0.298 e. The standard InChI is InChI=1S/C12H14N4O3/c13-8-2-1-5-15(7-8)12-14-10-4-3-9(16(17)18)6-11(10)19-12/h3-4,6,8H,1-2,5,7,13H2. The number of aromatic nitrogens is 1. The summed E-state index contributed by atoms with van der Waals surface area (Å²) in [7, 11) is 0. The highest BCUT2D eigenvalue weighted by atomic mass is 16.6. The Kier molecular flexibility index (Phi) is 2.83. The number of hydrogen-bond donors (Lipinski definition) is 1. The second-order valence-electron chi connectivity index (χ2n) is 4.75. The Morgan fingerprint density at radius 3 is 3.11 bits per heavy atom. The highest BCUT2D eigenvalue weighted by Gasteiger charge is 2.21. The summed E-state index contributed by atoms with van der Waals surface area (Å²) in [6.07, 6.45) is 2.00. The van der Waals surface area contributed by atoms with E-state index in [4.69, 9.17) is 10.2 Å². The third kappa shape index (κ3) is 2.24. The number of rotatable bonds is 2. The second kappa shape index (κ2) is 4.51. The number of oxazole rings is 1. The Labute approximate surface area is 109 Å². The molecule has 0 amide bonds. The molecular weight excluding hydrogens is 248 g/mol. The van der Waals surface area contributed by atoms with Crippen LogP contribution in [0.25, 0.3) is 11.1 Å².